The molecule has 0 unspecified atom stereocenters. The van der Waals surface area contributed by atoms with E-state index in [1.165, 1.54) is 12.1 Å². The van der Waals surface area contributed by atoms with E-state index in [1.54, 1.807) is 20.8 Å². The van der Waals surface area contributed by atoms with Crippen LogP contribution < -0.4 is 0 Å². The SMILES string of the molecule is CC(C)(C)C(=O)c1ccc(S(=O)(=O)F)cc1. The molecule has 0 saturated heterocycles. The van der Waals surface area contributed by atoms with Gasteiger partial charge in [-0.1, -0.05) is 32.9 Å². The van der Waals surface area contributed by atoms with Gasteiger partial charge in [0.2, 0.25) is 0 Å². The maximum atomic E-state index is 12.6. The zero-order valence-corrected chi connectivity index (χ0v) is 10.1. The van der Waals surface area contributed by atoms with Crippen molar-refractivity contribution in [1.29, 1.82) is 0 Å². The number of halogens is 1. The predicted octanol–water partition coefficient (Wildman–Crippen LogP) is 2.57. The predicted molar refractivity (Wildman–Crippen MR) is 58.5 cm³/mol. The van der Waals surface area contributed by atoms with Crippen molar-refractivity contribution < 1.29 is 17.1 Å². The maximum absolute atomic E-state index is 12.6. The number of hydrogen-bond acceptors (Lipinski definition) is 3. The standard InChI is InChI=1S/C11H13FO3S/c1-11(2,3)10(13)8-4-6-9(7-5-8)16(12,14)15/h4-7H,1-3H3. The van der Waals surface area contributed by atoms with Gasteiger partial charge in [-0.3, -0.25) is 4.79 Å². The van der Waals surface area contributed by atoms with Crippen LogP contribution in [0.3, 0.4) is 0 Å². The van der Waals surface area contributed by atoms with Gasteiger partial charge in [-0.15, -0.1) is 3.89 Å². The minimum atomic E-state index is -4.69. The number of ketones is 1. The van der Waals surface area contributed by atoms with Crippen molar-refractivity contribution in [1.82, 2.24) is 0 Å². The molecule has 0 aliphatic heterocycles. The quantitative estimate of drug-likeness (QED) is 0.593. The molecule has 0 saturated carbocycles. The third kappa shape index (κ3) is 2.88. The highest BCUT2D eigenvalue weighted by Crippen LogP contribution is 2.22. The highest BCUT2D eigenvalue weighted by Gasteiger charge is 2.23. The van der Waals surface area contributed by atoms with Crippen LogP contribution in [-0.2, 0) is 10.2 Å². The highest BCUT2D eigenvalue weighted by atomic mass is 32.3. The lowest BCUT2D eigenvalue weighted by molar-refractivity contribution is 0.0858. The van der Waals surface area contributed by atoms with E-state index < -0.39 is 20.5 Å². The van der Waals surface area contributed by atoms with E-state index in [0.717, 1.165) is 12.1 Å². The Labute approximate surface area is 94.5 Å². The van der Waals surface area contributed by atoms with Crippen LogP contribution in [0.25, 0.3) is 0 Å². The van der Waals surface area contributed by atoms with Crippen LogP contribution in [0.4, 0.5) is 3.89 Å². The summed E-state index contributed by atoms with van der Waals surface area (Å²) in [6, 6.07) is 4.82. The van der Waals surface area contributed by atoms with Gasteiger partial charge in [0.1, 0.15) is 0 Å². The van der Waals surface area contributed by atoms with Gasteiger partial charge in [-0.25, -0.2) is 0 Å². The molecule has 0 spiro atoms. The number of rotatable bonds is 2. The Morgan fingerprint density at radius 3 is 1.88 bits per heavy atom. The number of hydrogen-bond donors (Lipinski definition) is 0. The molecule has 0 radical (unpaired) electrons. The zero-order valence-electron chi connectivity index (χ0n) is 9.32. The molecule has 1 aromatic rings. The van der Waals surface area contributed by atoms with E-state index in [2.05, 4.69) is 0 Å². The Kier molecular flexibility index (Phi) is 3.19. The van der Waals surface area contributed by atoms with Gasteiger partial charge in [-0.05, 0) is 12.1 Å². The third-order valence-corrected chi connectivity index (χ3v) is 2.91. The van der Waals surface area contributed by atoms with E-state index >= 15 is 0 Å². The molecule has 0 bridgehead atoms. The van der Waals surface area contributed by atoms with Gasteiger partial charge in [0, 0.05) is 11.0 Å². The van der Waals surface area contributed by atoms with Crippen LogP contribution in [0.15, 0.2) is 29.2 Å². The molecule has 0 aliphatic carbocycles. The fraction of sp³-hybridized carbons (Fsp3) is 0.364. The minimum Gasteiger partial charge on any atom is -0.294 e. The molecule has 0 fully saturated rings. The maximum Gasteiger partial charge on any atom is 0.332 e. The first-order valence-corrected chi connectivity index (χ1v) is 6.10. The summed E-state index contributed by atoms with van der Waals surface area (Å²) in [5, 5.41) is 0. The second-order valence-electron chi connectivity index (χ2n) is 4.54. The molecule has 0 aromatic heterocycles. The first-order valence-electron chi connectivity index (χ1n) is 4.72. The van der Waals surface area contributed by atoms with Gasteiger partial charge in [0.15, 0.2) is 5.78 Å². The molecule has 0 N–H and O–H groups in total. The topological polar surface area (TPSA) is 51.2 Å². The number of Topliss-reactive ketones (excluding diaryl/α,β-unsaturated/α-hetero) is 1. The molecule has 0 atom stereocenters. The Morgan fingerprint density at radius 2 is 1.56 bits per heavy atom. The molecule has 3 nitrogen and oxygen atoms in total. The summed E-state index contributed by atoms with van der Waals surface area (Å²) in [6.45, 7) is 5.28. The van der Waals surface area contributed by atoms with Crippen molar-refractivity contribution in [2.24, 2.45) is 5.41 Å². The van der Waals surface area contributed by atoms with E-state index in [-0.39, 0.29) is 5.78 Å². The van der Waals surface area contributed by atoms with E-state index in [0.29, 0.717) is 5.56 Å². The number of carbonyl (C=O) groups excluding carboxylic acids is 1. The van der Waals surface area contributed by atoms with Gasteiger partial charge >= 0.3 is 10.2 Å². The van der Waals surface area contributed by atoms with Crippen molar-refractivity contribution in [2.45, 2.75) is 25.7 Å². The third-order valence-electron chi connectivity index (χ3n) is 2.08. The van der Waals surface area contributed by atoms with Gasteiger partial charge in [0.05, 0.1) is 4.90 Å². The van der Waals surface area contributed by atoms with Crippen LogP contribution in [0.1, 0.15) is 31.1 Å². The molecule has 88 valence electrons. The number of benzene rings is 1. The Balaban J connectivity index is 3.10. The molecule has 1 aromatic carbocycles. The fourth-order valence-electron chi connectivity index (χ4n) is 1.20. The van der Waals surface area contributed by atoms with Crippen LogP contribution in [0, 0.1) is 5.41 Å². The highest BCUT2D eigenvalue weighted by molar-refractivity contribution is 7.86. The average Bonchev–Trinajstić information content (AvgIpc) is 2.14. The second kappa shape index (κ2) is 3.97. The minimum absolute atomic E-state index is 0.115. The molecule has 5 heteroatoms. The first-order chi connectivity index (χ1) is 7.12. The Bertz CT molecular complexity index is 495. The zero-order chi connectivity index (χ0) is 12.6. The largest absolute Gasteiger partial charge is 0.332 e. The summed E-state index contributed by atoms with van der Waals surface area (Å²) >= 11 is 0. The Hall–Kier alpha value is -1.23. The lowest BCUT2D eigenvalue weighted by atomic mass is 9.87. The van der Waals surface area contributed by atoms with Gasteiger partial charge < -0.3 is 0 Å². The lowest BCUT2D eigenvalue weighted by Gasteiger charge is -2.16. The molecule has 0 aliphatic rings. The smallest absolute Gasteiger partial charge is 0.294 e. The summed E-state index contributed by atoms with van der Waals surface area (Å²) in [5.74, 6) is -0.115. The van der Waals surface area contributed by atoms with Crippen LogP contribution in [0.5, 0.6) is 0 Å². The molecule has 1 rings (SSSR count). The summed E-state index contributed by atoms with van der Waals surface area (Å²) in [4.78, 5) is 11.4. The Morgan fingerprint density at radius 1 is 1.12 bits per heavy atom. The average molecular weight is 244 g/mol. The van der Waals surface area contributed by atoms with Crippen molar-refractivity contribution in [2.75, 3.05) is 0 Å². The van der Waals surface area contributed by atoms with Gasteiger partial charge in [0.25, 0.3) is 0 Å². The van der Waals surface area contributed by atoms with E-state index in [4.69, 9.17) is 0 Å². The fourth-order valence-corrected chi connectivity index (χ4v) is 1.66. The van der Waals surface area contributed by atoms with Gasteiger partial charge in [-0.2, -0.15) is 8.42 Å². The molecular formula is C11H13FO3S. The van der Waals surface area contributed by atoms with Crippen molar-refractivity contribution in [3.63, 3.8) is 0 Å². The monoisotopic (exact) mass is 244 g/mol. The second-order valence-corrected chi connectivity index (χ2v) is 5.89. The first kappa shape index (κ1) is 12.8. The van der Waals surface area contributed by atoms with Crippen molar-refractivity contribution >= 4 is 16.0 Å². The van der Waals surface area contributed by atoms with E-state index in [1.807, 2.05) is 0 Å². The summed E-state index contributed by atoms with van der Waals surface area (Å²) in [6.07, 6.45) is 0. The summed E-state index contributed by atoms with van der Waals surface area (Å²) < 4.78 is 33.7. The summed E-state index contributed by atoms with van der Waals surface area (Å²) in [5.41, 5.74) is -0.171. The molecular weight excluding hydrogens is 231 g/mol. The molecule has 0 amide bonds. The van der Waals surface area contributed by atoms with E-state index in [9.17, 15) is 17.1 Å². The van der Waals surface area contributed by atoms with Crippen LogP contribution in [-0.4, -0.2) is 14.2 Å². The molecule has 0 heterocycles. The van der Waals surface area contributed by atoms with Crippen molar-refractivity contribution in [3.05, 3.63) is 29.8 Å². The normalized spacial score (nSPS) is 12.5. The number of carbonyl (C=O) groups is 1. The van der Waals surface area contributed by atoms with Crippen LogP contribution >= 0.6 is 0 Å². The van der Waals surface area contributed by atoms with Crippen LogP contribution in [0.2, 0.25) is 0 Å². The molecule has 16 heavy (non-hydrogen) atoms. The van der Waals surface area contributed by atoms with Crippen molar-refractivity contribution in [3.8, 4) is 0 Å². The lowest BCUT2D eigenvalue weighted by Crippen LogP contribution is -2.20. The summed E-state index contributed by atoms with van der Waals surface area (Å²) in [7, 11) is -4.69.